The van der Waals surface area contributed by atoms with E-state index in [9.17, 15) is 13.2 Å². The lowest BCUT2D eigenvalue weighted by Gasteiger charge is -2.23. The monoisotopic (exact) mass is 298 g/mol. The van der Waals surface area contributed by atoms with Crippen LogP contribution in [-0.4, -0.2) is 38.9 Å². The van der Waals surface area contributed by atoms with Gasteiger partial charge in [0, 0.05) is 25.5 Å². The van der Waals surface area contributed by atoms with Crippen molar-refractivity contribution in [3.05, 3.63) is 29.3 Å². The van der Waals surface area contributed by atoms with Gasteiger partial charge in [-0.1, -0.05) is 11.6 Å². The number of aryl methyl sites for hydroxylation is 1. The van der Waals surface area contributed by atoms with E-state index < -0.39 is 14.6 Å². The Bertz CT molecular complexity index is 607. The van der Waals surface area contributed by atoms with Crippen LogP contribution in [0.4, 0.5) is 5.69 Å². The molecule has 0 radical (unpaired) electrons. The van der Waals surface area contributed by atoms with Crippen molar-refractivity contribution in [3.8, 4) is 0 Å². The average molecular weight is 298 g/mol. The molecule has 1 aromatic rings. The molecule has 20 heavy (non-hydrogen) atoms. The van der Waals surface area contributed by atoms with E-state index in [4.69, 9.17) is 0 Å². The quantitative estimate of drug-likeness (QED) is 0.865. The number of sulfone groups is 1. The fourth-order valence-corrected chi connectivity index (χ4v) is 1.92. The van der Waals surface area contributed by atoms with Gasteiger partial charge in [0.25, 0.3) is 5.91 Å². The highest BCUT2D eigenvalue weighted by Gasteiger charge is 2.30. The number of hydrogen-bond donors (Lipinski definition) is 2. The summed E-state index contributed by atoms with van der Waals surface area (Å²) in [7, 11) is -1.50. The molecule has 0 aromatic heterocycles. The van der Waals surface area contributed by atoms with E-state index in [1.165, 1.54) is 6.26 Å². The van der Waals surface area contributed by atoms with Crippen LogP contribution in [0.25, 0.3) is 0 Å². The first-order valence-corrected chi connectivity index (χ1v) is 8.24. The van der Waals surface area contributed by atoms with Gasteiger partial charge in [-0.2, -0.15) is 0 Å². The van der Waals surface area contributed by atoms with Crippen LogP contribution < -0.4 is 10.6 Å². The Labute approximate surface area is 120 Å². The molecule has 1 amide bonds. The lowest BCUT2D eigenvalue weighted by atomic mass is 10.1. The highest BCUT2D eigenvalue weighted by Crippen LogP contribution is 2.18. The zero-order valence-electron chi connectivity index (χ0n) is 12.6. The van der Waals surface area contributed by atoms with Crippen LogP contribution in [-0.2, 0) is 9.84 Å². The Morgan fingerprint density at radius 3 is 2.40 bits per heavy atom. The molecule has 0 saturated carbocycles. The minimum Gasteiger partial charge on any atom is -0.387 e. The van der Waals surface area contributed by atoms with E-state index in [0.717, 1.165) is 5.56 Å². The van der Waals surface area contributed by atoms with Gasteiger partial charge in [-0.15, -0.1) is 0 Å². The zero-order chi connectivity index (χ0) is 15.6. The number of carbonyl (C=O) groups excluding carboxylic acids is 1. The fraction of sp³-hybridized carbons (Fsp3) is 0.500. The number of anilines is 1. The van der Waals surface area contributed by atoms with E-state index in [1.54, 1.807) is 27.0 Å². The first kappa shape index (κ1) is 16.5. The third-order valence-corrected chi connectivity index (χ3v) is 5.52. The van der Waals surface area contributed by atoms with Crippen molar-refractivity contribution in [1.29, 1.82) is 0 Å². The molecule has 2 N–H and O–H groups in total. The molecule has 0 aliphatic rings. The highest BCUT2D eigenvalue weighted by atomic mass is 32.2. The van der Waals surface area contributed by atoms with Gasteiger partial charge in [-0.25, -0.2) is 8.42 Å². The summed E-state index contributed by atoms with van der Waals surface area (Å²) >= 11 is 0. The Morgan fingerprint density at radius 1 is 1.30 bits per heavy atom. The van der Waals surface area contributed by atoms with Gasteiger partial charge in [-0.05, 0) is 32.9 Å². The van der Waals surface area contributed by atoms with Crippen molar-refractivity contribution in [2.45, 2.75) is 25.5 Å². The molecule has 1 rings (SSSR count). The summed E-state index contributed by atoms with van der Waals surface area (Å²) in [6.07, 6.45) is 1.17. The summed E-state index contributed by atoms with van der Waals surface area (Å²) in [6.45, 7) is 5.16. The minimum atomic E-state index is -3.23. The van der Waals surface area contributed by atoms with Gasteiger partial charge in [0.05, 0.1) is 10.3 Å². The summed E-state index contributed by atoms with van der Waals surface area (Å²) in [5.74, 6) is -0.283. The van der Waals surface area contributed by atoms with Gasteiger partial charge < -0.3 is 10.6 Å². The molecular formula is C14H22N2O3S. The maximum absolute atomic E-state index is 12.2. The lowest BCUT2D eigenvalue weighted by molar-refractivity contribution is 0.0951. The van der Waals surface area contributed by atoms with Crippen LogP contribution >= 0.6 is 0 Å². The smallest absolute Gasteiger partial charge is 0.253 e. The third-order valence-electron chi connectivity index (χ3n) is 3.37. The molecule has 0 spiro atoms. The van der Waals surface area contributed by atoms with Crippen LogP contribution in [0.15, 0.2) is 18.2 Å². The highest BCUT2D eigenvalue weighted by molar-refractivity contribution is 7.92. The maximum atomic E-state index is 12.2. The first-order valence-electron chi connectivity index (χ1n) is 6.34. The Morgan fingerprint density at radius 2 is 1.90 bits per heavy atom. The van der Waals surface area contributed by atoms with Crippen LogP contribution in [0.3, 0.4) is 0 Å². The lowest BCUT2D eigenvalue weighted by Crippen LogP contribution is -2.43. The normalized spacial score (nSPS) is 12.1. The van der Waals surface area contributed by atoms with Gasteiger partial charge in [-0.3, -0.25) is 4.79 Å². The van der Waals surface area contributed by atoms with Crippen LogP contribution in [0.5, 0.6) is 0 Å². The number of hydrogen-bond acceptors (Lipinski definition) is 4. The molecule has 0 aliphatic heterocycles. The van der Waals surface area contributed by atoms with Crippen LogP contribution in [0.2, 0.25) is 0 Å². The SMILES string of the molecule is CNc1ccc(C)cc1C(=O)NCC(C)(C)S(C)(=O)=O. The third kappa shape index (κ3) is 3.72. The number of benzene rings is 1. The predicted octanol–water partition coefficient (Wildman–Crippen LogP) is 1.59. The van der Waals surface area contributed by atoms with Crippen molar-refractivity contribution in [2.75, 3.05) is 25.2 Å². The van der Waals surface area contributed by atoms with Crippen molar-refractivity contribution >= 4 is 21.4 Å². The number of amides is 1. The van der Waals surface area contributed by atoms with Crippen LogP contribution in [0.1, 0.15) is 29.8 Å². The predicted molar refractivity (Wildman–Crippen MR) is 82.0 cm³/mol. The molecule has 1 aromatic carbocycles. The second-order valence-electron chi connectivity index (χ2n) is 5.51. The Hall–Kier alpha value is -1.56. The molecule has 0 fully saturated rings. The molecule has 0 atom stereocenters. The molecule has 0 unspecified atom stereocenters. The van der Waals surface area contributed by atoms with Crippen molar-refractivity contribution in [2.24, 2.45) is 0 Å². The van der Waals surface area contributed by atoms with Crippen molar-refractivity contribution in [3.63, 3.8) is 0 Å². The summed E-state index contributed by atoms with van der Waals surface area (Å²) in [6, 6.07) is 5.50. The molecule has 0 saturated heterocycles. The topological polar surface area (TPSA) is 75.3 Å². The number of rotatable bonds is 5. The largest absolute Gasteiger partial charge is 0.387 e. The van der Waals surface area contributed by atoms with Crippen molar-refractivity contribution in [1.82, 2.24) is 5.32 Å². The molecule has 0 heterocycles. The van der Waals surface area contributed by atoms with E-state index in [-0.39, 0.29) is 12.5 Å². The Balaban J connectivity index is 2.91. The Kier molecular flexibility index (Phi) is 4.81. The van der Waals surface area contributed by atoms with Gasteiger partial charge in [0.15, 0.2) is 9.84 Å². The summed E-state index contributed by atoms with van der Waals surface area (Å²) in [5, 5.41) is 5.64. The summed E-state index contributed by atoms with van der Waals surface area (Å²) in [5.41, 5.74) is 2.19. The maximum Gasteiger partial charge on any atom is 0.253 e. The second kappa shape index (κ2) is 5.83. The number of nitrogens with one attached hydrogen (secondary N) is 2. The summed E-state index contributed by atoms with van der Waals surface area (Å²) in [4.78, 5) is 12.2. The average Bonchev–Trinajstić information content (AvgIpc) is 2.34. The zero-order valence-corrected chi connectivity index (χ0v) is 13.4. The second-order valence-corrected chi connectivity index (χ2v) is 8.16. The molecular weight excluding hydrogens is 276 g/mol. The van der Waals surface area contributed by atoms with Crippen LogP contribution in [0, 0.1) is 6.92 Å². The molecule has 6 heteroatoms. The molecule has 0 aliphatic carbocycles. The summed E-state index contributed by atoms with van der Waals surface area (Å²) < 4.78 is 22.2. The molecule has 112 valence electrons. The molecule has 5 nitrogen and oxygen atoms in total. The van der Waals surface area contributed by atoms with E-state index in [0.29, 0.717) is 11.3 Å². The standard InChI is InChI=1S/C14H22N2O3S/c1-10-6-7-12(15-4)11(8-10)13(17)16-9-14(2,3)20(5,18)19/h6-8,15H,9H2,1-5H3,(H,16,17). The van der Waals surface area contributed by atoms with Gasteiger partial charge in [0.2, 0.25) is 0 Å². The van der Waals surface area contributed by atoms with Crippen molar-refractivity contribution < 1.29 is 13.2 Å². The van der Waals surface area contributed by atoms with E-state index in [2.05, 4.69) is 10.6 Å². The van der Waals surface area contributed by atoms with Gasteiger partial charge >= 0.3 is 0 Å². The first-order chi connectivity index (χ1) is 9.08. The van der Waals surface area contributed by atoms with Gasteiger partial charge in [0.1, 0.15) is 0 Å². The van der Waals surface area contributed by atoms with E-state index >= 15 is 0 Å². The van der Waals surface area contributed by atoms with E-state index in [1.807, 2.05) is 19.1 Å². The fourth-order valence-electron chi connectivity index (χ4n) is 1.58. The minimum absolute atomic E-state index is 0.0712. The number of carbonyl (C=O) groups is 1. The molecule has 0 bridgehead atoms.